The molecule has 0 bridgehead atoms. The molecule has 20 heavy (non-hydrogen) atoms. The van der Waals surface area contributed by atoms with Crippen molar-refractivity contribution in [2.45, 2.75) is 0 Å². The van der Waals surface area contributed by atoms with E-state index in [0.29, 0.717) is 0 Å². The lowest BCUT2D eigenvalue weighted by Gasteiger charge is -1.83. The van der Waals surface area contributed by atoms with Crippen LogP contribution in [0.15, 0.2) is 86.2 Å². The largest absolute Gasteiger partial charge is 0.361 e. The highest BCUT2D eigenvalue weighted by atomic mass is 14.7. The summed E-state index contributed by atoms with van der Waals surface area (Å²) >= 11 is 0. The van der Waals surface area contributed by atoms with Gasteiger partial charge in [0.05, 0.1) is 0 Å². The molecule has 0 atom stereocenters. The summed E-state index contributed by atoms with van der Waals surface area (Å²) in [5, 5.41) is 2.55. The van der Waals surface area contributed by atoms with E-state index in [9.17, 15) is 0 Å². The zero-order chi connectivity index (χ0) is 14.2. The van der Waals surface area contributed by atoms with E-state index in [0.717, 1.165) is 0 Å². The van der Waals surface area contributed by atoms with Crippen LogP contribution in [-0.2, 0) is 0 Å². The number of aromatic amines is 2. The molecule has 0 spiro atoms. The van der Waals surface area contributed by atoms with Crippen LogP contribution >= 0.6 is 0 Å². The highest BCUT2D eigenvalue weighted by Crippen LogP contribution is 2.09. The van der Waals surface area contributed by atoms with Gasteiger partial charge in [-0.2, -0.15) is 0 Å². The summed E-state index contributed by atoms with van der Waals surface area (Å²) in [5.74, 6) is 0. The Kier molecular flexibility index (Phi) is 4.79. The molecule has 2 heteroatoms. The second-order valence-corrected chi connectivity index (χ2v) is 4.13. The first-order valence-electron chi connectivity index (χ1n) is 6.48. The average molecular weight is 262 g/mol. The van der Waals surface area contributed by atoms with E-state index >= 15 is 0 Å². The maximum absolute atomic E-state index is 3.12. The molecule has 4 aromatic rings. The number of aromatic nitrogens is 2. The molecule has 0 radical (unpaired) electrons. The minimum atomic E-state index is 1.21. The predicted octanol–water partition coefficient (Wildman–Crippen LogP) is 5.14. The number of hydrogen-bond acceptors (Lipinski definition) is 0. The molecule has 100 valence electrons. The van der Waals surface area contributed by atoms with Crippen LogP contribution < -0.4 is 0 Å². The van der Waals surface area contributed by atoms with Crippen molar-refractivity contribution >= 4 is 21.8 Å². The van der Waals surface area contributed by atoms with Crippen molar-refractivity contribution in [3.8, 4) is 0 Å². The number of rotatable bonds is 0. The quantitative estimate of drug-likeness (QED) is 0.411. The zero-order valence-corrected chi connectivity index (χ0v) is 11.3. The van der Waals surface area contributed by atoms with Gasteiger partial charge in [-0.15, -0.1) is 13.2 Å². The molecular formula is C18H18N2. The van der Waals surface area contributed by atoms with Gasteiger partial charge in [-0.1, -0.05) is 36.4 Å². The Balaban J connectivity index is 0.000000131. The van der Waals surface area contributed by atoms with Crippen molar-refractivity contribution in [1.82, 2.24) is 9.97 Å². The topological polar surface area (TPSA) is 31.6 Å². The number of hydrogen-bond donors (Lipinski definition) is 2. The lowest BCUT2D eigenvalue weighted by Crippen LogP contribution is -1.61. The number of H-pyrrole nitrogens is 2. The monoisotopic (exact) mass is 262 g/mol. The molecule has 0 amide bonds. The van der Waals surface area contributed by atoms with E-state index in [-0.39, 0.29) is 0 Å². The summed E-state index contributed by atoms with van der Waals surface area (Å²) in [7, 11) is 0. The van der Waals surface area contributed by atoms with Gasteiger partial charge in [-0.3, -0.25) is 0 Å². The van der Waals surface area contributed by atoms with Crippen LogP contribution in [0.4, 0.5) is 0 Å². The molecule has 2 N–H and O–H groups in total. The molecule has 0 unspecified atom stereocenters. The van der Waals surface area contributed by atoms with E-state index in [1.165, 1.54) is 21.8 Å². The molecule has 0 aliphatic heterocycles. The molecule has 2 aromatic carbocycles. The van der Waals surface area contributed by atoms with Gasteiger partial charge in [-0.25, -0.2) is 0 Å². The van der Waals surface area contributed by atoms with Crippen LogP contribution in [0.2, 0.25) is 0 Å². The summed E-state index contributed by atoms with van der Waals surface area (Å²) in [6, 6.07) is 20.6. The summed E-state index contributed by atoms with van der Waals surface area (Å²) < 4.78 is 0. The van der Waals surface area contributed by atoms with Crippen molar-refractivity contribution in [3.63, 3.8) is 0 Å². The van der Waals surface area contributed by atoms with Gasteiger partial charge < -0.3 is 9.97 Å². The van der Waals surface area contributed by atoms with Gasteiger partial charge in [-0.05, 0) is 35.0 Å². The number of benzene rings is 2. The van der Waals surface area contributed by atoms with Gasteiger partial charge in [0.15, 0.2) is 0 Å². The first-order chi connectivity index (χ1) is 9.93. The van der Waals surface area contributed by atoms with E-state index in [4.69, 9.17) is 0 Å². The predicted molar refractivity (Wildman–Crippen MR) is 87.9 cm³/mol. The van der Waals surface area contributed by atoms with Gasteiger partial charge in [0, 0.05) is 23.4 Å². The Morgan fingerprint density at radius 1 is 0.550 bits per heavy atom. The number of fused-ring (bicyclic) bond motifs is 2. The molecule has 0 aliphatic rings. The molecule has 2 nitrogen and oxygen atoms in total. The highest BCUT2D eigenvalue weighted by Gasteiger charge is 1.87. The Morgan fingerprint density at radius 3 is 1.35 bits per heavy atom. The Morgan fingerprint density at radius 2 is 0.950 bits per heavy atom. The van der Waals surface area contributed by atoms with Crippen LogP contribution in [-0.4, -0.2) is 9.97 Å². The lowest BCUT2D eigenvalue weighted by molar-refractivity contribution is 1.48. The standard InChI is InChI=1S/2C8H7N.C2H4/c2*1-2-4-8-7(3-1)5-6-9-8;1-2/h2*1-6,9H;1-2H2. The van der Waals surface area contributed by atoms with Gasteiger partial charge in [0.1, 0.15) is 0 Å². The fourth-order valence-corrected chi connectivity index (χ4v) is 1.99. The summed E-state index contributed by atoms with van der Waals surface area (Å²) in [6.07, 6.45) is 3.90. The third-order valence-electron chi connectivity index (χ3n) is 2.93. The molecule has 2 heterocycles. The Bertz CT molecular complexity index is 638. The van der Waals surface area contributed by atoms with E-state index < -0.39 is 0 Å². The molecule has 0 saturated carbocycles. The molecule has 0 fully saturated rings. The Hall–Kier alpha value is -2.74. The maximum atomic E-state index is 3.12. The SMILES string of the molecule is C=C.c1ccc2[nH]ccc2c1.c1ccc2[nH]ccc2c1. The van der Waals surface area contributed by atoms with Crippen molar-refractivity contribution < 1.29 is 0 Å². The highest BCUT2D eigenvalue weighted by molar-refractivity contribution is 5.79. The minimum absolute atomic E-state index is 1.21. The Labute approximate surface area is 118 Å². The van der Waals surface area contributed by atoms with Crippen molar-refractivity contribution in [2.75, 3.05) is 0 Å². The van der Waals surface area contributed by atoms with Gasteiger partial charge >= 0.3 is 0 Å². The minimum Gasteiger partial charge on any atom is -0.361 e. The summed E-state index contributed by atoms with van der Waals surface area (Å²) in [6.45, 7) is 6.00. The number of para-hydroxylation sites is 2. The fraction of sp³-hybridized carbons (Fsp3) is 0. The van der Waals surface area contributed by atoms with Crippen molar-refractivity contribution in [1.29, 1.82) is 0 Å². The van der Waals surface area contributed by atoms with E-state index in [2.05, 4.69) is 59.5 Å². The zero-order valence-electron chi connectivity index (χ0n) is 11.3. The lowest BCUT2D eigenvalue weighted by atomic mass is 10.3. The summed E-state index contributed by atoms with van der Waals surface area (Å²) in [5.41, 5.74) is 2.41. The molecular weight excluding hydrogens is 244 g/mol. The van der Waals surface area contributed by atoms with Crippen molar-refractivity contribution in [2.24, 2.45) is 0 Å². The smallest absolute Gasteiger partial charge is 0.0453 e. The normalized spacial score (nSPS) is 9.40. The van der Waals surface area contributed by atoms with Crippen LogP contribution in [0, 0.1) is 0 Å². The van der Waals surface area contributed by atoms with E-state index in [1.807, 2.05) is 36.7 Å². The second-order valence-electron chi connectivity index (χ2n) is 4.13. The fourth-order valence-electron chi connectivity index (χ4n) is 1.99. The van der Waals surface area contributed by atoms with Gasteiger partial charge in [0.2, 0.25) is 0 Å². The number of nitrogens with one attached hydrogen (secondary N) is 2. The molecule has 0 saturated heterocycles. The van der Waals surface area contributed by atoms with Crippen molar-refractivity contribution in [3.05, 3.63) is 86.2 Å². The van der Waals surface area contributed by atoms with Crippen LogP contribution in [0.25, 0.3) is 21.8 Å². The first kappa shape index (κ1) is 13.7. The van der Waals surface area contributed by atoms with Crippen LogP contribution in [0.3, 0.4) is 0 Å². The first-order valence-corrected chi connectivity index (χ1v) is 6.48. The summed E-state index contributed by atoms with van der Waals surface area (Å²) in [4.78, 5) is 6.24. The maximum Gasteiger partial charge on any atom is 0.0453 e. The third kappa shape index (κ3) is 3.18. The van der Waals surface area contributed by atoms with Crippen LogP contribution in [0.5, 0.6) is 0 Å². The third-order valence-corrected chi connectivity index (χ3v) is 2.93. The van der Waals surface area contributed by atoms with Gasteiger partial charge in [0.25, 0.3) is 0 Å². The second kappa shape index (κ2) is 7.00. The molecule has 4 rings (SSSR count). The molecule has 2 aromatic heterocycles. The molecule has 0 aliphatic carbocycles. The van der Waals surface area contributed by atoms with Crippen LogP contribution in [0.1, 0.15) is 0 Å². The average Bonchev–Trinajstić information content (AvgIpc) is 3.18. The van der Waals surface area contributed by atoms with E-state index in [1.54, 1.807) is 0 Å².